The summed E-state index contributed by atoms with van der Waals surface area (Å²) in [5, 5.41) is 11.2. The fourth-order valence-corrected chi connectivity index (χ4v) is 3.30. The quantitative estimate of drug-likeness (QED) is 0.400. The maximum Gasteiger partial charge on any atom is 0.338 e. The smallest absolute Gasteiger partial charge is 0.338 e. The highest BCUT2D eigenvalue weighted by Crippen LogP contribution is 2.25. The number of ether oxygens (including phenoxy) is 1. The molecule has 0 aliphatic rings. The number of nitrogens with zero attached hydrogens (tertiary/aromatic N) is 2. The monoisotopic (exact) mass is 420 g/mol. The van der Waals surface area contributed by atoms with Crippen molar-refractivity contribution in [2.24, 2.45) is 0 Å². The van der Waals surface area contributed by atoms with Crippen molar-refractivity contribution in [2.45, 2.75) is 17.9 Å². The minimum absolute atomic E-state index is 0.0401. The number of non-ortho nitro benzene ring substituents is 1. The van der Waals surface area contributed by atoms with Gasteiger partial charge in [0.15, 0.2) is 9.84 Å². The third kappa shape index (κ3) is 4.96. The molecule has 2 aromatic rings. The molecule has 0 aromatic heterocycles. The van der Waals surface area contributed by atoms with Gasteiger partial charge in [-0.15, -0.1) is 0 Å². The fourth-order valence-electron chi connectivity index (χ4n) is 2.67. The van der Waals surface area contributed by atoms with Crippen molar-refractivity contribution in [3.63, 3.8) is 0 Å². The molecular weight excluding hydrogens is 400 g/mol. The zero-order valence-electron chi connectivity index (χ0n) is 16.3. The van der Waals surface area contributed by atoms with E-state index in [2.05, 4.69) is 4.74 Å². The average Bonchev–Trinajstić information content (AvgIpc) is 2.70. The van der Waals surface area contributed by atoms with Crippen molar-refractivity contribution in [3.05, 3.63) is 69.3 Å². The van der Waals surface area contributed by atoms with E-state index in [0.717, 1.165) is 25.5 Å². The minimum atomic E-state index is -3.34. The largest absolute Gasteiger partial charge is 0.465 e. The van der Waals surface area contributed by atoms with Crippen LogP contribution in [0.1, 0.15) is 39.2 Å². The van der Waals surface area contributed by atoms with Crippen molar-refractivity contribution in [1.29, 1.82) is 0 Å². The Morgan fingerprint density at radius 1 is 1.10 bits per heavy atom. The molecule has 154 valence electrons. The number of benzene rings is 2. The van der Waals surface area contributed by atoms with E-state index in [0.29, 0.717) is 5.56 Å². The predicted molar refractivity (Wildman–Crippen MR) is 104 cm³/mol. The van der Waals surface area contributed by atoms with Gasteiger partial charge in [-0.05, 0) is 30.7 Å². The van der Waals surface area contributed by atoms with Gasteiger partial charge in [0.1, 0.15) is 0 Å². The van der Waals surface area contributed by atoms with Crippen LogP contribution in [0, 0.1) is 10.1 Å². The summed E-state index contributed by atoms with van der Waals surface area (Å²) in [6.07, 6.45) is 1.10. The highest BCUT2D eigenvalue weighted by molar-refractivity contribution is 7.90. The number of hydrogen-bond acceptors (Lipinski definition) is 7. The van der Waals surface area contributed by atoms with E-state index in [1.54, 1.807) is 19.1 Å². The molecular formula is C19H20N2O7S. The normalized spacial score (nSPS) is 12.1. The summed E-state index contributed by atoms with van der Waals surface area (Å²) in [5.74, 6) is -1.34. The van der Waals surface area contributed by atoms with Gasteiger partial charge in [0, 0.05) is 31.0 Å². The lowest BCUT2D eigenvalue weighted by Crippen LogP contribution is -2.30. The molecule has 9 nitrogen and oxygen atoms in total. The lowest BCUT2D eigenvalue weighted by atomic mass is 10.0. The zero-order valence-corrected chi connectivity index (χ0v) is 17.1. The van der Waals surface area contributed by atoms with E-state index in [1.165, 1.54) is 30.1 Å². The van der Waals surface area contributed by atoms with Gasteiger partial charge in [-0.3, -0.25) is 14.9 Å². The molecule has 10 heteroatoms. The lowest BCUT2D eigenvalue weighted by molar-refractivity contribution is -0.384. The van der Waals surface area contributed by atoms with Crippen LogP contribution in [0.4, 0.5) is 5.69 Å². The number of methoxy groups -OCH3 is 1. The Kier molecular flexibility index (Phi) is 6.38. The molecule has 0 fully saturated rings. The molecule has 0 radical (unpaired) electrons. The lowest BCUT2D eigenvalue weighted by Gasteiger charge is -2.25. The summed E-state index contributed by atoms with van der Waals surface area (Å²) in [5.41, 5.74) is 0.118. The summed E-state index contributed by atoms with van der Waals surface area (Å²) in [6, 6.07) is 8.98. The topological polar surface area (TPSA) is 124 Å². The van der Waals surface area contributed by atoms with Gasteiger partial charge >= 0.3 is 5.97 Å². The molecule has 2 aromatic carbocycles. The highest BCUT2D eigenvalue weighted by Gasteiger charge is 2.23. The number of carbonyl (C=O) groups is 2. The van der Waals surface area contributed by atoms with E-state index in [4.69, 9.17) is 0 Å². The van der Waals surface area contributed by atoms with Gasteiger partial charge < -0.3 is 9.64 Å². The fraction of sp³-hybridized carbons (Fsp3) is 0.263. The van der Waals surface area contributed by atoms with Crippen LogP contribution in [0.5, 0.6) is 0 Å². The molecule has 0 N–H and O–H groups in total. The second-order valence-electron chi connectivity index (χ2n) is 6.45. The molecule has 29 heavy (non-hydrogen) atoms. The van der Waals surface area contributed by atoms with Gasteiger partial charge in [0.05, 0.1) is 28.5 Å². The van der Waals surface area contributed by atoms with Crippen LogP contribution in [-0.4, -0.2) is 50.5 Å². The van der Waals surface area contributed by atoms with E-state index < -0.39 is 38.4 Å². The molecule has 0 bridgehead atoms. The maximum absolute atomic E-state index is 12.9. The van der Waals surface area contributed by atoms with E-state index >= 15 is 0 Å². The summed E-state index contributed by atoms with van der Waals surface area (Å²) in [6.45, 7) is 1.73. The molecule has 0 heterocycles. The van der Waals surface area contributed by atoms with Crippen LogP contribution in [0.2, 0.25) is 0 Å². The first kappa shape index (κ1) is 22.0. The number of nitro groups is 1. The van der Waals surface area contributed by atoms with E-state index in [9.17, 15) is 28.1 Å². The van der Waals surface area contributed by atoms with Crippen LogP contribution in [0.3, 0.4) is 0 Å². The number of hydrogen-bond donors (Lipinski definition) is 0. The minimum Gasteiger partial charge on any atom is -0.465 e. The number of esters is 1. The molecule has 0 spiro atoms. The first-order valence-corrected chi connectivity index (χ1v) is 10.3. The van der Waals surface area contributed by atoms with E-state index in [1.807, 2.05) is 0 Å². The molecule has 0 aliphatic heterocycles. The van der Waals surface area contributed by atoms with Crippen molar-refractivity contribution < 1.29 is 27.7 Å². The number of amides is 1. The summed E-state index contributed by atoms with van der Waals surface area (Å²) in [7, 11) is -0.697. The van der Waals surface area contributed by atoms with Crippen LogP contribution in [0.15, 0.2) is 47.4 Å². The summed E-state index contributed by atoms with van der Waals surface area (Å²) < 4.78 is 27.8. The van der Waals surface area contributed by atoms with Crippen molar-refractivity contribution in [1.82, 2.24) is 4.90 Å². The number of carbonyl (C=O) groups excluding carboxylic acids is 2. The Balaban J connectivity index is 2.36. The Bertz CT molecular complexity index is 1060. The summed E-state index contributed by atoms with van der Waals surface area (Å²) >= 11 is 0. The third-order valence-corrected chi connectivity index (χ3v) is 5.62. The average molecular weight is 420 g/mol. The second-order valence-corrected chi connectivity index (χ2v) is 8.47. The first-order valence-electron chi connectivity index (χ1n) is 8.40. The van der Waals surface area contributed by atoms with Crippen molar-refractivity contribution in [2.75, 3.05) is 20.4 Å². The van der Waals surface area contributed by atoms with E-state index in [-0.39, 0.29) is 16.0 Å². The Labute approximate surface area is 168 Å². The standard InChI is InChI=1S/C19H20N2O7S/c1-12(13-5-7-17(8-6-13)29(4,26)27)20(2)18(22)14-9-15(19(23)28-3)11-16(10-14)21(24)25/h5-12H,1-4H3/t12-/m1/s1. The predicted octanol–water partition coefficient (Wildman–Crippen LogP) is 2.62. The number of nitro benzene ring substituents is 1. The SMILES string of the molecule is COC(=O)c1cc(C(=O)N(C)[C@H](C)c2ccc(S(C)(=O)=O)cc2)cc([N+](=O)[O-])c1. The molecule has 1 amide bonds. The second kappa shape index (κ2) is 8.39. The van der Waals surface area contributed by atoms with Crippen LogP contribution < -0.4 is 0 Å². The molecule has 0 saturated heterocycles. The summed E-state index contributed by atoms with van der Waals surface area (Å²) in [4.78, 5) is 36.6. The van der Waals surface area contributed by atoms with Crippen molar-refractivity contribution in [3.8, 4) is 0 Å². The van der Waals surface area contributed by atoms with Gasteiger partial charge in [0.2, 0.25) is 0 Å². The van der Waals surface area contributed by atoms with Gasteiger partial charge in [-0.1, -0.05) is 12.1 Å². The van der Waals surface area contributed by atoms with Crippen molar-refractivity contribution >= 4 is 27.4 Å². The maximum atomic E-state index is 12.9. The highest BCUT2D eigenvalue weighted by atomic mass is 32.2. The molecule has 0 saturated carbocycles. The molecule has 0 aliphatic carbocycles. The Morgan fingerprint density at radius 3 is 2.14 bits per heavy atom. The van der Waals surface area contributed by atoms with Gasteiger partial charge in [-0.2, -0.15) is 0 Å². The number of rotatable bonds is 6. The Hall–Kier alpha value is -3.27. The molecule has 1 atom stereocenters. The number of sulfone groups is 1. The first-order chi connectivity index (χ1) is 13.5. The van der Waals surface area contributed by atoms with Crippen LogP contribution in [-0.2, 0) is 14.6 Å². The molecule has 2 rings (SSSR count). The Morgan fingerprint density at radius 2 is 1.66 bits per heavy atom. The van der Waals surface area contributed by atoms with Gasteiger partial charge in [-0.25, -0.2) is 13.2 Å². The molecule has 0 unspecified atom stereocenters. The zero-order chi connectivity index (χ0) is 21.9. The van der Waals surface area contributed by atoms with Crippen LogP contribution in [0.25, 0.3) is 0 Å². The third-order valence-electron chi connectivity index (χ3n) is 4.49. The van der Waals surface area contributed by atoms with Gasteiger partial charge in [0.25, 0.3) is 11.6 Å². The van der Waals surface area contributed by atoms with Crippen LogP contribution >= 0.6 is 0 Å².